The Bertz CT molecular complexity index is 1060. The number of ether oxygens (including phenoxy) is 1. The normalized spacial score (nSPS) is 15.6. The van der Waals surface area contributed by atoms with Gasteiger partial charge < -0.3 is 14.7 Å². The van der Waals surface area contributed by atoms with Gasteiger partial charge in [0.15, 0.2) is 0 Å². The first-order valence-electron chi connectivity index (χ1n) is 9.97. The van der Waals surface area contributed by atoms with Gasteiger partial charge in [0.05, 0.1) is 12.6 Å². The number of phenolic OH excluding ortho intramolecular Hbond substituents is 1. The Kier molecular flexibility index (Phi) is 5.01. The monoisotopic (exact) mass is 391 g/mol. The number of phenols is 1. The van der Waals surface area contributed by atoms with Crippen LogP contribution in [0.2, 0.25) is 0 Å². The van der Waals surface area contributed by atoms with Gasteiger partial charge in [0.1, 0.15) is 22.9 Å². The molecule has 2 N–H and O–H groups in total. The van der Waals surface area contributed by atoms with E-state index in [2.05, 4.69) is 17.1 Å². The highest BCUT2D eigenvalue weighted by molar-refractivity contribution is 6.00. The number of carbonyl (C=O) groups is 1. The summed E-state index contributed by atoms with van der Waals surface area (Å²) in [6.45, 7) is 7.17. The van der Waals surface area contributed by atoms with Crippen LogP contribution in [-0.2, 0) is 0 Å². The molecule has 29 heavy (non-hydrogen) atoms. The van der Waals surface area contributed by atoms with E-state index in [1.807, 2.05) is 55.1 Å². The van der Waals surface area contributed by atoms with Gasteiger partial charge in [-0.25, -0.2) is 0 Å². The molecule has 1 atom stereocenters. The van der Waals surface area contributed by atoms with Crippen molar-refractivity contribution in [2.24, 2.45) is 0 Å². The zero-order valence-corrected chi connectivity index (χ0v) is 16.9. The summed E-state index contributed by atoms with van der Waals surface area (Å²) >= 11 is 0. The second kappa shape index (κ2) is 7.62. The van der Waals surface area contributed by atoms with Gasteiger partial charge in [0, 0.05) is 17.7 Å². The van der Waals surface area contributed by atoms with E-state index in [0.717, 1.165) is 28.9 Å². The van der Waals surface area contributed by atoms with Crippen LogP contribution >= 0.6 is 0 Å². The second-order valence-corrected chi connectivity index (χ2v) is 7.29. The van der Waals surface area contributed by atoms with Crippen molar-refractivity contribution in [1.29, 1.82) is 0 Å². The molecule has 1 aliphatic rings. The van der Waals surface area contributed by atoms with Gasteiger partial charge in [-0.2, -0.15) is 5.10 Å². The summed E-state index contributed by atoms with van der Waals surface area (Å²) in [4.78, 5) is 15.0. The van der Waals surface area contributed by atoms with Crippen LogP contribution in [0.3, 0.4) is 0 Å². The molecule has 1 unspecified atom stereocenters. The minimum atomic E-state index is -0.286. The van der Waals surface area contributed by atoms with E-state index >= 15 is 0 Å². The van der Waals surface area contributed by atoms with Crippen LogP contribution in [0.25, 0.3) is 11.3 Å². The standard InChI is InChI=1S/C23H25N3O3/c1-4-11-26-22(15-7-6-8-16(13-15)29-5-2)19-20(24-25-21(19)23(26)28)17-12-14(3)9-10-18(17)27/h6-10,12-13,22,27H,4-5,11H2,1-3H3,(H,24,25). The summed E-state index contributed by atoms with van der Waals surface area (Å²) in [5.74, 6) is 0.846. The fourth-order valence-corrected chi connectivity index (χ4v) is 4.00. The Hall–Kier alpha value is -3.28. The summed E-state index contributed by atoms with van der Waals surface area (Å²) in [5.41, 5.74) is 4.50. The number of nitrogens with one attached hydrogen (secondary N) is 1. The van der Waals surface area contributed by atoms with E-state index in [4.69, 9.17) is 4.74 Å². The number of hydrogen-bond donors (Lipinski definition) is 2. The van der Waals surface area contributed by atoms with Gasteiger partial charge in [0.2, 0.25) is 0 Å². The average molecular weight is 391 g/mol. The number of aromatic amines is 1. The fourth-order valence-electron chi connectivity index (χ4n) is 4.00. The molecule has 3 aromatic rings. The van der Waals surface area contributed by atoms with E-state index in [1.165, 1.54) is 0 Å². The van der Waals surface area contributed by atoms with Crippen LogP contribution in [0.1, 0.15) is 53.5 Å². The number of rotatable bonds is 6. The highest BCUT2D eigenvalue weighted by Gasteiger charge is 2.42. The fraction of sp³-hybridized carbons (Fsp3) is 0.304. The first-order chi connectivity index (χ1) is 14.0. The molecule has 1 aliphatic heterocycles. The van der Waals surface area contributed by atoms with Crippen molar-refractivity contribution in [1.82, 2.24) is 15.1 Å². The summed E-state index contributed by atoms with van der Waals surface area (Å²) in [6.07, 6.45) is 0.843. The number of fused-ring (bicyclic) bond motifs is 1. The number of benzene rings is 2. The molecule has 0 saturated carbocycles. The highest BCUT2D eigenvalue weighted by Crippen LogP contribution is 2.45. The molecule has 4 rings (SSSR count). The smallest absolute Gasteiger partial charge is 0.273 e. The molecule has 6 heteroatoms. The Morgan fingerprint density at radius 2 is 2.03 bits per heavy atom. The minimum Gasteiger partial charge on any atom is -0.507 e. The molecular weight excluding hydrogens is 366 g/mol. The topological polar surface area (TPSA) is 78.5 Å². The number of aromatic nitrogens is 2. The Morgan fingerprint density at radius 3 is 2.79 bits per heavy atom. The summed E-state index contributed by atoms with van der Waals surface area (Å²) in [6, 6.07) is 13.0. The first-order valence-corrected chi connectivity index (χ1v) is 9.97. The van der Waals surface area contributed by atoms with Gasteiger partial charge in [-0.3, -0.25) is 9.89 Å². The maximum absolute atomic E-state index is 13.1. The molecule has 0 fully saturated rings. The van der Waals surface area contributed by atoms with Crippen LogP contribution in [0.15, 0.2) is 42.5 Å². The van der Waals surface area contributed by atoms with Crippen LogP contribution in [-0.4, -0.2) is 39.3 Å². The molecular formula is C23H25N3O3. The van der Waals surface area contributed by atoms with Gasteiger partial charge in [0.25, 0.3) is 5.91 Å². The number of carbonyl (C=O) groups excluding carboxylic acids is 1. The molecule has 0 aliphatic carbocycles. The molecule has 0 bridgehead atoms. The van der Waals surface area contributed by atoms with Crippen LogP contribution < -0.4 is 4.74 Å². The highest BCUT2D eigenvalue weighted by atomic mass is 16.5. The van der Waals surface area contributed by atoms with Gasteiger partial charge >= 0.3 is 0 Å². The number of aryl methyl sites for hydroxylation is 1. The third kappa shape index (κ3) is 3.24. The van der Waals surface area contributed by atoms with Crippen LogP contribution in [0.5, 0.6) is 11.5 Å². The number of aromatic hydroxyl groups is 1. The number of hydrogen-bond acceptors (Lipinski definition) is 4. The quantitative estimate of drug-likeness (QED) is 0.651. The summed E-state index contributed by atoms with van der Waals surface area (Å²) in [7, 11) is 0. The number of nitrogens with zero attached hydrogens (tertiary/aromatic N) is 2. The summed E-state index contributed by atoms with van der Waals surface area (Å²) < 4.78 is 5.68. The van der Waals surface area contributed by atoms with Crippen molar-refractivity contribution in [2.45, 2.75) is 33.2 Å². The Morgan fingerprint density at radius 1 is 1.21 bits per heavy atom. The van der Waals surface area contributed by atoms with Crippen molar-refractivity contribution < 1.29 is 14.6 Å². The third-order valence-electron chi connectivity index (χ3n) is 5.22. The predicted octanol–water partition coefficient (Wildman–Crippen LogP) is 4.44. The molecule has 0 saturated heterocycles. The lowest BCUT2D eigenvalue weighted by Crippen LogP contribution is -2.30. The molecule has 0 spiro atoms. The van der Waals surface area contributed by atoms with Gasteiger partial charge in [-0.15, -0.1) is 0 Å². The van der Waals surface area contributed by atoms with Crippen molar-refractivity contribution in [3.8, 4) is 22.8 Å². The van der Waals surface area contributed by atoms with E-state index in [1.54, 1.807) is 6.07 Å². The minimum absolute atomic E-state index is 0.0699. The third-order valence-corrected chi connectivity index (χ3v) is 5.22. The number of H-pyrrole nitrogens is 1. The SMILES string of the molecule is CCCN1C(=O)c2[nH]nc(-c3cc(C)ccc3O)c2C1c1cccc(OCC)c1. The molecule has 1 aromatic heterocycles. The van der Waals surface area contributed by atoms with Crippen molar-refractivity contribution in [2.75, 3.05) is 13.2 Å². The largest absolute Gasteiger partial charge is 0.507 e. The van der Waals surface area contributed by atoms with Crippen molar-refractivity contribution in [3.63, 3.8) is 0 Å². The second-order valence-electron chi connectivity index (χ2n) is 7.29. The Labute approximate surface area is 170 Å². The van der Waals surface area contributed by atoms with Gasteiger partial charge in [-0.1, -0.05) is 30.7 Å². The molecule has 2 aromatic carbocycles. The Balaban J connectivity index is 1.90. The van der Waals surface area contributed by atoms with Gasteiger partial charge in [-0.05, 0) is 50.1 Å². The lowest BCUT2D eigenvalue weighted by molar-refractivity contribution is 0.0743. The molecule has 2 heterocycles. The van der Waals surface area contributed by atoms with Crippen LogP contribution in [0, 0.1) is 6.92 Å². The molecule has 0 radical (unpaired) electrons. The zero-order valence-electron chi connectivity index (χ0n) is 16.9. The molecule has 6 nitrogen and oxygen atoms in total. The molecule has 1 amide bonds. The molecule has 150 valence electrons. The predicted molar refractivity (Wildman–Crippen MR) is 111 cm³/mol. The first kappa shape index (κ1) is 19.1. The maximum atomic E-state index is 13.1. The lowest BCUT2D eigenvalue weighted by Gasteiger charge is -2.26. The van der Waals surface area contributed by atoms with Crippen molar-refractivity contribution >= 4 is 5.91 Å². The van der Waals surface area contributed by atoms with E-state index in [9.17, 15) is 9.90 Å². The average Bonchev–Trinajstić information content (AvgIpc) is 3.24. The van der Waals surface area contributed by atoms with E-state index < -0.39 is 0 Å². The van der Waals surface area contributed by atoms with Crippen molar-refractivity contribution in [3.05, 3.63) is 64.8 Å². The number of amides is 1. The van der Waals surface area contributed by atoms with E-state index in [0.29, 0.717) is 30.1 Å². The van der Waals surface area contributed by atoms with Crippen LogP contribution in [0.4, 0.5) is 0 Å². The zero-order chi connectivity index (χ0) is 20.5. The lowest BCUT2D eigenvalue weighted by atomic mass is 9.95. The van der Waals surface area contributed by atoms with E-state index in [-0.39, 0.29) is 17.7 Å². The maximum Gasteiger partial charge on any atom is 0.273 e. The summed E-state index contributed by atoms with van der Waals surface area (Å²) in [5, 5.41) is 17.8.